The minimum absolute atomic E-state index is 0.152. The first-order valence-corrected chi connectivity index (χ1v) is 11.6. The van der Waals surface area contributed by atoms with E-state index in [0.717, 1.165) is 41.0 Å². The van der Waals surface area contributed by atoms with E-state index >= 15 is 0 Å². The standard InChI is InChI=1S/C28H32N2O4/c1-5-20-9-11-23(12-10-20)34-18-25-24-17-27(33-4)26(32-3)16-21(24)13-14-30(25)28(31)29-22-8-6-7-19(2)15-22/h6-12,15-17,25H,5,13-14,18H2,1-4H3,(H,29,31). The van der Waals surface area contributed by atoms with Crippen LogP contribution in [0.15, 0.2) is 60.7 Å². The Morgan fingerprint density at radius 2 is 1.76 bits per heavy atom. The van der Waals surface area contributed by atoms with E-state index in [1.807, 2.05) is 60.4 Å². The lowest BCUT2D eigenvalue weighted by Crippen LogP contribution is -2.44. The number of amides is 2. The van der Waals surface area contributed by atoms with Gasteiger partial charge in [0.05, 0.1) is 20.3 Å². The van der Waals surface area contributed by atoms with Crippen LogP contribution in [-0.4, -0.2) is 38.3 Å². The lowest BCUT2D eigenvalue weighted by Gasteiger charge is -2.37. The number of rotatable bonds is 7. The zero-order valence-electron chi connectivity index (χ0n) is 20.3. The molecule has 0 bridgehead atoms. The normalized spacial score (nSPS) is 14.8. The van der Waals surface area contributed by atoms with Crippen molar-refractivity contribution in [3.63, 3.8) is 0 Å². The third-order valence-corrected chi connectivity index (χ3v) is 6.27. The van der Waals surface area contributed by atoms with E-state index in [4.69, 9.17) is 14.2 Å². The topological polar surface area (TPSA) is 60.0 Å². The smallest absolute Gasteiger partial charge is 0.322 e. The van der Waals surface area contributed by atoms with Gasteiger partial charge >= 0.3 is 6.03 Å². The highest BCUT2D eigenvalue weighted by molar-refractivity contribution is 5.90. The van der Waals surface area contributed by atoms with Crippen LogP contribution in [0.5, 0.6) is 17.2 Å². The Morgan fingerprint density at radius 3 is 2.44 bits per heavy atom. The van der Waals surface area contributed by atoms with Gasteiger partial charge in [-0.1, -0.05) is 31.2 Å². The molecule has 3 aromatic carbocycles. The number of nitrogens with zero attached hydrogens (tertiary/aromatic N) is 1. The van der Waals surface area contributed by atoms with Crippen molar-refractivity contribution in [2.24, 2.45) is 0 Å². The third kappa shape index (κ3) is 5.11. The molecule has 0 fully saturated rings. The molecule has 2 amide bonds. The highest BCUT2D eigenvalue weighted by atomic mass is 16.5. The van der Waals surface area contributed by atoms with Crippen LogP contribution < -0.4 is 19.5 Å². The van der Waals surface area contributed by atoms with Crippen LogP contribution in [0, 0.1) is 6.92 Å². The van der Waals surface area contributed by atoms with Crippen LogP contribution in [0.2, 0.25) is 0 Å². The highest BCUT2D eigenvalue weighted by Crippen LogP contribution is 2.38. The second kappa shape index (κ2) is 10.5. The van der Waals surface area contributed by atoms with Crippen molar-refractivity contribution >= 4 is 11.7 Å². The molecule has 34 heavy (non-hydrogen) atoms. The summed E-state index contributed by atoms with van der Waals surface area (Å²) in [5, 5.41) is 3.05. The monoisotopic (exact) mass is 460 g/mol. The summed E-state index contributed by atoms with van der Waals surface area (Å²) in [4.78, 5) is 15.2. The van der Waals surface area contributed by atoms with Crippen LogP contribution >= 0.6 is 0 Å². The maximum absolute atomic E-state index is 13.4. The molecule has 6 heteroatoms. The SMILES string of the molecule is CCc1ccc(OCC2c3cc(OC)c(OC)cc3CCN2C(=O)Nc2cccc(C)c2)cc1. The number of hydrogen-bond acceptors (Lipinski definition) is 4. The molecule has 178 valence electrons. The van der Waals surface area contributed by atoms with E-state index in [0.29, 0.717) is 24.7 Å². The van der Waals surface area contributed by atoms with Crippen molar-refractivity contribution in [2.75, 3.05) is 32.7 Å². The number of urea groups is 1. The molecule has 4 rings (SSSR count). The molecule has 1 aliphatic rings. The van der Waals surface area contributed by atoms with Gasteiger partial charge < -0.3 is 24.4 Å². The minimum Gasteiger partial charge on any atom is -0.493 e. The van der Waals surface area contributed by atoms with Crippen molar-refractivity contribution in [3.05, 3.63) is 82.9 Å². The first kappa shape index (κ1) is 23.5. The van der Waals surface area contributed by atoms with Crippen molar-refractivity contribution in [1.29, 1.82) is 0 Å². The molecule has 0 saturated heterocycles. The second-order valence-electron chi connectivity index (χ2n) is 8.47. The highest BCUT2D eigenvalue weighted by Gasteiger charge is 2.33. The molecule has 1 unspecified atom stereocenters. The summed E-state index contributed by atoms with van der Waals surface area (Å²) in [6.45, 7) is 5.03. The summed E-state index contributed by atoms with van der Waals surface area (Å²) >= 11 is 0. The molecule has 1 heterocycles. The van der Waals surface area contributed by atoms with E-state index in [1.165, 1.54) is 5.56 Å². The maximum atomic E-state index is 13.4. The van der Waals surface area contributed by atoms with Crippen LogP contribution in [0.25, 0.3) is 0 Å². The lowest BCUT2D eigenvalue weighted by molar-refractivity contribution is 0.144. The van der Waals surface area contributed by atoms with E-state index in [9.17, 15) is 4.79 Å². The Labute approximate surface area is 201 Å². The van der Waals surface area contributed by atoms with Gasteiger partial charge in [0.25, 0.3) is 0 Å². The number of aryl methyl sites for hydroxylation is 2. The Bertz CT molecular complexity index is 1140. The predicted molar refractivity (Wildman–Crippen MR) is 134 cm³/mol. The number of ether oxygens (including phenoxy) is 3. The van der Waals surface area contributed by atoms with Gasteiger partial charge in [0, 0.05) is 12.2 Å². The Morgan fingerprint density at radius 1 is 1.03 bits per heavy atom. The van der Waals surface area contributed by atoms with Gasteiger partial charge in [-0.25, -0.2) is 4.79 Å². The molecule has 0 aliphatic carbocycles. The number of carbonyl (C=O) groups excluding carboxylic acids is 1. The molecular formula is C28H32N2O4. The van der Waals surface area contributed by atoms with Crippen LogP contribution in [0.3, 0.4) is 0 Å². The Kier molecular flexibility index (Phi) is 7.26. The van der Waals surface area contributed by atoms with Gasteiger partial charge in [-0.15, -0.1) is 0 Å². The first-order chi connectivity index (χ1) is 16.5. The van der Waals surface area contributed by atoms with Gasteiger partial charge in [0.2, 0.25) is 0 Å². The summed E-state index contributed by atoms with van der Waals surface area (Å²) in [6, 6.07) is 19.5. The van der Waals surface area contributed by atoms with Gasteiger partial charge in [0.15, 0.2) is 11.5 Å². The maximum Gasteiger partial charge on any atom is 0.322 e. The van der Waals surface area contributed by atoms with E-state index in [1.54, 1.807) is 14.2 Å². The van der Waals surface area contributed by atoms with Gasteiger partial charge in [-0.2, -0.15) is 0 Å². The average molecular weight is 461 g/mol. The van der Waals surface area contributed by atoms with Crippen molar-refractivity contribution < 1.29 is 19.0 Å². The molecular weight excluding hydrogens is 428 g/mol. The van der Waals surface area contributed by atoms with Crippen molar-refractivity contribution in [1.82, 2.24) is 4.90 Å². The Balaban J connectivity index is 1.63. The zero-order valence-corrected chi connectivity index (χ0v) is 20.3. The fourth-order valence-corrected chi connectivity index (χ4v) is 4.37. The molecule has 6 nitrogen and oxygen atoms in total. The van der Waals surface area contributed by atoms with Gasteiger partial charge in [-0.05, 0) is 78.4 Å². The molecule has 1 atom stereocenters. The molecule has 0 aromatic heterocycles. The molecule has 0 radical (unpaired) electrons. The second-order valence-corrected chi connectivity index (χ2v) is 8.47. The Hall–Kier alpha value is -3.67. The fraction of sp³-hybridized carbons (Fsp3) is 0.321. The third-order valence-electron chi connectivity index (χ3n) is 6.27. The van der Waals surface area contributed by atoms with E-state index in [-0.39, 0.29) is 12.1 Å². The minimum atomic E-state index is -0.279. The molecule has 0 saturated carbocycles. The van der Waals surface area contributed by atoms with Crippen LogP contribution in [0.1, 0.15) is 35.2 Å². The average Bonchev–Trinajstić information content (AvgIpc) is 2.86. The lowest BCUT2D eigenvalue weighted by atomic mass is 9.92. The summed E-state index contributed by atoms with van der Waals surface area (Å²) in [7, 11) is 3.26. The number of methoxy groups -OCH3 is 2. The van der Waals surface area contributed by atoms with Crippen LogP contribution in [0.4, 0.5) is 10.5 Å². The van der Waals surface area contributed by atoms with Gasteiger partial charge in [0.1, 0.15) is 12.4 Å². The summed E-state index contributed by atoms with van der Waals surface area (Å²) in [6.07, 6.45) is 1.70. The summed E-state index contributed by atoms with van der Waals surface area (Å²) in [5.74, 6) is 2.11. The number of nitrogens with one attached hydrogen (secondary N) is 1. The number of anilines is 1. The largest absolute Gasteiger partial charge is 0.493 e. The number of carbonyl (C=O) groups is 1. The number of benzene rings is 3. The molecule has 3 aromatic rings. The van der Waals surface area contributed by atoms with Crippen molar-refractivity contribution in [3.8, 4) is 17.2 Å². The molecule has 0 spiro atoms. The zero-order chi connectivity index (χ0) is 24.1. The summed E-state index contributed by atoms with van der Waals surface area (Å²) in [5.41, 5.74) is 5.26. The number of fused-ring (bicyclic) bond motifs is 1. The molecule has 1 N–H and O–H groups in total. The molecule has 1 aliphatic heterocycles. The van der Waals surface area contributed by atoms with Gasteiger partial charge in [-0.3, -0.25) is 0 Å². The number of hydrogen-bond donors (Lipinski definition) is 1. The first-order valence-electron chi connectivity index (χ1n) is 11.6. The van der Waals surface area contributed by atoms with E-state index in [2.05, 4.69) is 24.4 Å². The van der Waals surface area contributed by atoms with Crippen molar-refractivity contribution in [2.45, 2.75) is 32.7 Å². The van der Waals surface area contributed by atoms with Crippen LogP contribution in [-0.2, 0) is 12.8 Å². The predicted octanol–water partition coefficient (Wildman–Crippen LogP) is 5.78. The fourth-order valence-electron chi connectivity index (χ4n) is 4.37. The summed E-state index contributed by atoms with van der Waals surface area (Å²) < 4.78 is 17.3. The van der Waals surface area contributed by atoms with E-state index < -0.39 is 0 Å². The quantitative estimate of drug-likeness (QED) is 0.485.